The largest absolute Gasteiger partial charge is 0.388 e. The van der Waals surface area contributed by atoms with Gasteiger partial charge in [-0.05, 0) is 25.3 Å². The van der Waals surface area contributed by atoms with Gasteiger partial charge in [0.1, 0.15) is 5.69 Å². The zero-order valence-corrected chi connectivity index (χ0v) is 10.5. The van der Waals surface area contributed by atoms with E-state index in [9.17, 15) is 15.2 Å². The Balaban J connectivity index is 2.15. The minimum absolute atomic E-state index is 0.0663. The summed E-state index contributed by atoms with van der Waals surface area (Å²) >= 11 is 0. The molecule has 0 spiro atoms. The molecule has 0 radical (unpaired) electrons. The van der Waals surface area contributed by atoms with Crippen LogP contribution in [-0.2, 0) is 0 Å². The van der Waals surface area contributed by atoms with Crippen LogP contribution in [0.15, 0.2) is 18.2 Å². The SMILES string of the molecule is Cc1cccc([N+](=O)[O-])c1NCC1(O)CCCC1. The van der Waals surface area contributed by atoms with E-state index >= 15 is 0 Å². The highest BCUT2D eigenvalue weighted by molar-refractivity contribution is 5.66. The van der Waals surface area contributed by atoms with E-state index < -0.39 is 10.5 Å². The number of aryl methyl sites for hydroxylation is 1. The molecule has 1 aliphatic rings. The molecule has 98 valence electrons. The molecule has 5 nitrogen and oxygen atoms in total. The lowest BCUT2D eigenvalue weighted by molar-refractivity contribution is -0.384. The summed E-state index contributed by atoms with van der Waals surface area (Å²) in [5.41, 5.74) is 0.695. The number of nitro benzene ring substituents is 1. The monoisotopic (exact) mass is 250 g/mol. The van der Waals surface area contributed by atoms with Gasteiger partial charge in [0, 0.05) is 12.6 Å². The van der Waals surface area contributed by atoms with Gasteiger partial charge in [-0.25, -0.2) is 0 Å². The molecule has 0 atom stereocenters. The predicted octanol–water partition coefficient (Wildman–Crippen LogP) is 2.62. The number of nitro groups is 1. The number of aliphatic hydroxyl groups is 1. The second kappa shape index (κ2) is 4.94. The second-order valence-corrected chi connectivity index (χ2v) is 5.01. The smallest absolute Gasteiger partial charge is 0.292 e. The first kappa shape index (κ1) is 12.8. The normalized spacial score (nSPS) is 17.7. The molecular weight excluding hydrogens is 232 g/mol. The molecule has 2 rings (SSSR count). The Morgan fingerprint density at radius 3 is 2.72 bits per heavy atom. The van der Waals surface area contributed by atoms with Crippen molar-refractivity contribution < 1.29 is 10.0 Å². The van der Waals surface area contributed by atoms with Crippen LogP contribution in [0.25, 0.3) is 0 Å². The number of nitrogens with zero attached hydrogens (tertiary/aromatic N) is 1. The Kier molecular flexibility index (Phi) is 3.52. The number of hydrogen-bond acceptors (Lipinski definition) is 4. The van der Waals surface area contributed by atoms with Gasteiger partial charge in [0.15, 0.2) is 0 Å². The van der Waals surface area contributed by atoms with Crippen molar-refractivity contribution in [1.82, 2.24) is 0 Å². The van der Waals surface area contributed by atoms with Crippen LogP contribution < -0.4 is 5.32 Å². The maximum atomic E-state index is 11.0. The zero-order valence-electron chi connectivity index (χ0n) is 10.5. The van der Waals surface area contributed by atoms with Gasteiger partial charge in [-0.2, -0.15) is 0 Å². The number of anilines is 1. The van der Waals surface area contributed by atoms with Crippen LogP contribution >= 0.6 is 0 Å². The van der Waals surface area contributed by atoms with Gasteiger partial charge in [0.25, 0.3) is 5.69 Å². The van der Waals surface area contributed by atoms with E-state index in [0.29, 0.717) is 12.2 Å². The molecule has 1 aromatic carbocycles. The van der Waals surface area contributed by atoms with Crippen LogP contribution in [-0.4, -0.2) is 22.2 Å². The van der Waals surface area contributed by atoms with Gasteiger partial charge < -0.3 is 10.4 Å². The van der Waals surface area contributed by atoms with Gasteiger partial charge in [0.05, 0.1) is 10.5 Å². The van der Waals surface area contributed by atoms with Crippen LogP contribution in [0, 0.1) is 17.0 Å². The Hall–Kier alpha value is -1.62. The summed E-state index contributed by atoms with van der Waals surface area (Å²) in [4.78, 5) is 10.6. The van der Waals surface area contributed by atoms with E-state index in [0.717, 1.165) is 31.2 Å². The highest BCUT2D eigenvalue weighted by Gasteiger charge is 2.31. The molecule has 0 saturated heterocycles. The number of benzene rings is 1. The van der Waals surface area contributed by atoms with Crippen molar-refractivity contribution in [2.45, 2.75) is 38.2 Å². The number of para-hydroxylation sites is 1. The van der Waals surface area contributed by atoms with Crippen molar-refractivity contribution in [3.05, 3.63) is 33.9 Å². The molecular formula is C13H18N2O3. The van der Waals surface area contributed by atoms with E-state index in [2.05, 4.69) is 5.32 Å². The van der Waals surface area contributed by atoms with Gasteiger partial charge in [-0.1, -0.05) is 25.0 Å². The number of rotatable bonds is 4. The molecule has 0 heterocycles. The Morgan fingerprint density at radius 1 is 1.44 bits per heavy atom. The average molecular weight is 250 g/mol. The summed E-state index contributed by atoms with van der Waals surface area (Å²) < 4.78 is 0. The molecule has 0 unspecified atom stereocenters. The lowest BCUT2D eigenvalue weighted by Gasteiger charge is -2.23. The molecule has 0 bridgehead atoms. The standard InChI is InChI=1S/C13H18N2O3/c1-10-5-4-6-11(15(17)18)12(10)14-9-13(16)7-2-3-8-13/h4-6,14,16H,2-3,7-9H2,1H3. The first-order valence-corrected chi connectivity index (χ1v) is 6.22. The van der Waals surface area contributed by atoms with Crippen LogP contribution in [0.5, 0.6) is 0 Å². The second-order valence-electron chi connectivity index (χ2n) is 5.01. The molecule has 1 aromatic rings. The predicted molar refractivity (Wildman–Crippen MR) is 69.7 cm³/mol. The summed E-state index contributed by atoms with van der Waals surface area (Å²) in [6.45, 7) is 2.20. The summed E-state index contributed by atoms with van der Waals surface area (Å²) in [6.07, 6.45) is 3.57. The Labute approximate surface area is 106 Å². The lowest BCUT2D eigenvalue weighted by Crippen LogP contribution is -2.33. The van der Waals surface area contributed by atoms with Crippen LogP contribution in [0.3, 0.4) is 0 Å². The molecule has 0 amide bonds. The third-order valence-electron chi connectivity index (χ3n) is 3.58. The highest BCUT2D eigenvalue weighted by atomic mass is 16.6. The fraction of sp³-hybridized carbons (Fsp3) is 0.538. The molecule has 0 aromatic heterocycles. The molecule has 0 aliphatic heterocycles. The minimum Gasteiger partial charge on any atom is -0.388 e. The summed E-state index contributed by atoms with van der Waals surface area (Å²) in [7, 11) is 0. The van der Waals surface area contributed by atoms with Gasteiger partial charge in [-0.15, -0.1) is 0 Å². The lowest BCUT2D eigenvalue weighted by atomic mass is 10.0. The van der Waals surface area contributed by atoms with E-state index in [1.807, 2.05) is 13.0 Å². The third kappa shape index (κ3) is 2.61. The first-order valence-electron chi connectivity index (χ1n) is 6.22. The molecule has 18 heavy (non-hydrogen) atoms. The van der Waals surface area contributed by atoms with Gasteiger partial charge in [0.2, 0.25) is 0 Å². The quantitative estimate of drug-likeness (QED) is 0.636. The third-order valence-corrected chi connectivity index (χ3v) is 3.58. The summed E-state index contributed by atoms with van der Waals surface area (Å²) in [5, 5.41) is 24.2. The maximum Gasteiger partial charge on any atom is 0.292 e. The summed E-state index contributed by atoms with van der Waals surface area (Å²) in [6, 6.07) is 4.98. The zero-order chi connectivity index (χ0) is 13.2. The van der Waals surface area contributed by atoms with Crippen molar-refractivity contribution in [2.75, 3.05) is 11.9 Å². The topological polar surface area (TPSA) is 75.4 Å². The fourth-order valence-corrected chi connectivity index (χ4v) is 2.50. The molecule has 1 saturated carbocycles. The van der Waals surface area contributed by atoms with E-state index in [-0.39, 0.29) is 5.69 Å². The van der Waals surface area contributed by atoms with Gasteiger partial charge >= 0.3 is 0 Å². The van der Waals surface area contributed by atoms with E-state index in [4.69, 9.17) is 0 Å². The Morgan fingerprint density at radius 2 is 2.11 bits per heavy atom. The maximum absolute atomic E-state index is 11.0. The molecule has 2 N–H and O–H groups in total. The Bertz CT molecular complexity index is 454. The summed E-state index contributed by atoms with van der Waals surface area (Å²) in [5.74, 6) is 0. The van der Waals surface area contributed by atoms with Crippen LogP contribution in [0.4, 0.5) is 11.4 Å². The van der Waals surface area contributed by atoms with Crippen molar-refractivity contribution in [1.29, 1.82) is 0 Å². The number of hydrogen-bond donors (Lipinski definition) is 2. The van der Waals surface area contributed by atoms with E-state index in [1.54, 1.807) is 6.07 Å². The van der Waals surface area contributed by atoms with Crippen molar-refractivity contribution >= 4 is 11.4 Å². The molecule has 1 fully saturated rings. The van der Waals surface area contributed by atoms with Crippen molar-refractivity contribution in [2.24, 2.45) is 0 Å². The molecule has 5 heteroatoms. The van der Waals surface area contributed by atoms with Crippen molar-refractivity contribution in [3.8, 4) is 0 Å². The van der Waals surface area contributed by atoms with Gasteiger partial charge in [-0.3, -0.25) is 10.1 Å². The van der Waals surface area contributed by atoms with Crippen LogP contribution in [0.2, 0.25) is 0 Å². The highest BCUT2D eigenvalue weighted by Crippen LogP contribution is 2.32. The minimum atomic E-state index is -0.712. The van der Waals surface area contributed by atoms with Crippen molar-refractivity contribution in [3.63, 3.8) is 0 Å². The van der Waals surface area contributed by atoms with E-state index in [1.165, 1.54) is 6.07 Å². The number of nitrogens with one attached hydrogen (secondary N) is 1. The first-order chi connectivity index (χ1) is 8.52. The average Bonchev–Trinajstić information content (AvgIpc) is 2.74. The fourth-order valence-electron chi connectivity index (χ4n) is 2.50. The van der Waals surface area contributed by atoms with Crippen LogP contribution in [0.1, 0.15) is 31.2 Å². The molecule has 1 aliphatic carbocycles.